The number of nitrogens with one attached hydrogen (secondary N) is 1. The van der Waals surface area contributed by atoms with Crippen LogP contribution in [0.1, 0.15) is 18.9 Å². The zero-order chi connectivity index (χ0) is 16.9. The summed E-state index contributed by atoms with van der Waals surface area (Å²) < 4.78 is 23.0. The molecule has 5 nitrogen and oxygen atoms in total. The average Bonchev–Trinajstić information content (AvgIpc) is 2.55. The van der Waals surface area contributed by atoms with E-state index in [0.717, 1.165) is 30.4 Å². The molecule has 1 N–H and O–H groups in total. The van der Waals surface area contributed by atoms with Gasteiger partial charge in [0.15, 0.2) is 15.8 Å². The van der Waals surface area contributed by atoms with Crippen LogP contribution < -0.4 is 5.32 Å². The number of nitrogens with zero attached hydrogens (tertiary/aromatic N) is 2. The number of halogens is 1. The van der Waals surface area contributed by atoms with Crippen LogP contribution >= 0.6 is 35.7 Å². The Morgan fingerprint density at radius 1 is 1.38 bits per heavy atom. The van der Waals surface area contributed by atoms with Gasteiger partial charge in [-0.15, -0.1) is 24.0 Å². The van der Waals surface area contributed by atoms with Gasteiger partial charge in [0.25, 0.3) is 0 Å². The van der Waals surface area contributed by atoms with Crippen LogP contribution in [0.4, 0.5) is 0 Å². The topological polar surface area (TPSA) is 61.8 Å². The van der Waals surface area contributed by atoms with Gasteiger partial charge in [0, 0.05) is 43.9 Å². The smallest absolute Gasteiger partial charge is 0.193 e. The summed E-state index contributed by atoms with van der Waals surface area (Å²) in [6.45, 7) is 4.89. The Hall–Kier alpha value is -0.480. The predicted octanol–water partition coefficient (Wildman–Crippen LogP) is 2.61. The van der Waals surface area contributed by atoms with Gasteiger partial charge in [-0.3, -0.25) is 4.99 Å². The monoisotopic (exact) mass is 483 g/mol. The van der Waals surface area contributed by atoms with Gasteiger partial charge in [0.1, 0.15) is 0 Å². The first-order chi connectivity index (χ1) is 10.9. The van der Waals surface area contributed by atoms with Crippen molar-refractivity contribution in [1.29, 1.82) is 0 Å². The highest BCUT2D eigenvalue weighted by Crippen LogP contribution is 2.21. The molecule has 1 unspecified atom stereocenters. The van der Waals surface area contributed by atoms with Gasteiger partial charge in [0.2, 0.25) is 0 Å². The van der Waals surface area contributed by atoms with Crippen LogP contribution in [0.15, 0.2) is 34.2 Å². The fourth-order valence-corrected chi connectivity index (χ4v) is 4.34. The molecular formula is C16H26IN3O2S2. The van der Waals surface area contributed by atoms with Gasteiger partial charge in [0.05, 0.1) is 4.90 Å². The third-order valence-electron chi connectivity index (χ3n) is 3.91. The van der Waals surface area contributed by atoms with Crippen LogP contribution in [0, 0.1) is 0 Å². The molecule has 1 saturated heterocycles. The number of rotatable bonds is 4. The van der Waals surface area contributed by atoms with E-state index < -0.39 is 9.84 Å². The largest absolute Gasteiger partial charge is 0.352 e. The van der Waals surface area contributed by atoms with Crippen molar-refractivity contribution in [3.05, 3.63) is 29.8 Å². The molecule has 24 heavy (non-hydrogen) atoms. The fraction of sp³-hybridized carbons (Fsp3) is 0.562. The van der Waals surface area contributed by atoms with Gasteiger partial charge < -0.3 is 10.2 Å². The number of sulfone groups is 1. The minimum atomic E-state index is -3.14. The third kappa shape index (κ3) is 6.11. The number of benzene rings is 1. The Bertz CT molecular complexity index is 648. The van der Waals surface area contributed by atoms with E-state index in [-0.39, 0.29) is 24.0 Å². The molecule has 0 aliphatic carbocycles. The maximum atomic E-state index is 11.5. The summed E-state index contributed by atoms with van der Waals surface area (Å²) in [4.78, 5) is 7.03. The third-order valence-corrected chi connectivity index (χ3v) is 6.41. The second kappa shape index (κ2) is 9.86. The average molecular weight is 483 g/mol. The van der Waals surface area contributed by atoms with Crippen molar-refractivity contribution in [2.45, 2.75) is 30.0 Å². The summed E-state index contributed by atoms with van der Waals surface area (Å²) in [5.41, 5.74) is 1.04. The van der Waals surface area contributed by atoms with E-state index in [1.807, 2.05) is 23.9 Å². The fourth-order valence-electron chi connectivity index (χ4n) is 2.53. The molecule has 0 spiro atoms. The van der Waals surface area contributed by atoms with Crippen molar-refractivity contribution in [2.75, 3.05) is 32.1 Å². The number of hydrogen-bond donors (Lipinski definition) is 1. The van der Waals surface area contributed by atoms with Gasteiger partial charge in [-0.2, -0.15) is 11.8 Å². The molecule has 0 amide bonds. The first kappa shape index (κ1) is 21.6. The molecule has 8 heteroatoms. The summed E-state index contributed by atoms with van der Waals surface area (Å²) in [6, 6.07) is 6.99. The predicted molar refractivity (Wildman–Crippen MR) is 113 cm³/mol. The van der Waals surface area contributed by atoms with E-state index in [4.69, 9.17) is 0 Å². The molecule has 1 aromatic carbocycles. The Labute approximate surface area is 166 Å². The summed E-state index contributed by atoms with van der Waals surface area (Å²) in [5.74, 6) is 2.04. The van der Waals surface area contributed by atoms with Gasteiger partial charge in [-0.1, -0.05) is 19.1 Å². The van der Waals surface area contributed by atoms with E-state index in [0.29, 0.717) is 16.7 Å². The maximum Gasteiger partial charge on any atom is 0.193 e. The summed E-state index contributed by atoms with van der Waals surface area (Å²) in [7, 11) is -1.33. The molecule has 1 fully saturated rings. The van der Waals surface area contributed by atoms with E-state index in [2.05, 4.69) is 22.1 Å². The molecule has 136 valence electrons. The molecule has 1 aliphatic rings. The van der Waals surface area contributed by atoms with Crippen LogP contribution in [-0.4, -0.2) is 56.7 Å². The lowest BCUT2D eigenvalue weighted by Crippen LogP contribution is -2.47. The lowest BCUT2D eigenvalue weighted by atomic mass is 10.2. The molecule has 1 aliphatic heterocycles. The van der Waals surface area contributed by atoms with Crippen molar-refractivity contribution in [1.82, 2.24) is 10.2 Å². The van der Waals surface area contributed by atoms with Gasteiger partial charge in [-0.25, -0.2) is 8.42 Å². The molecule has 2 rings (SSSR count). The Morgan fingerprint density at radius 2 is 2.04 bits per heavy atom. The molecular weight excluding hydrogens is 457 g/mol. The van der Waals surface area contributed by atoms with E-state index in [9.17, 15) is 8.42 Å². The highest BCUT2D eigenvalue weighted by molar-refractivity contribution is 14.0. The lowest BCUT2D eigenvalue weighted by Gasteiger charge is -2.34. The van der Waals surface area contributed by atoms with E-state index in [1.165, 1.54) is 12.7 Å². The van der Waals surface area contributed by atoms with Crippen LogP contribution in [-0.2, 0) is 16.4 Å². The van der Waals surface area contributed by atoms with Crippen molar-refractivity contribution in [3.63, 3.8) is 0 Å². The molecule has 1 aromatic rings. The number of aliphatic imine (C=N–C) groups is 1. The number of thioether (sulfide) groups is 1. The van der Waals surface area contributed by atoms with E-state index >= 15 is 0 Å². The number of guanidine groups is 1. The quantitative estimate of drug-likeness (QED) is 0.406. The maximum absolute atomic E-state index is 11.5. The highest BCUT2D eigenvalue weighted by atomic mass is 127. The SMILES string of the molecule is CCC1CN(C(=NC)NCc2ccc(S(C)(=O)=O)cc2)CCS1.I. The zero-order valence-corrected chi connectivity index (χ0v) is 18.3. The van der Waals surface area contributed by atoms with Crippen molar-refractivity contribution >= 4 is 51.5 Å². The lowest BCUT2D eigenvalue weighted by molar-refractivity contribution is 0.408. The molecule has 1 heterocycles. The summed E-state index contributed by atoms with van der Waals surface area (Å²) in [6.07, 6.45) is 2.39. The molecule has 0 saturated carbocycles. The van der Waals surface area contributed by atoms with Gasteiger partial charge in [-0.05, 0) is 24.1 Å². The first-order valence-corrected chi connectivity index (χ1v) is 10.7. The van der Waals surface area contributed by atoms with Crippen molar-refractivity contribution in [2.24, 2.45) is 4.99 Å². The molecule has 0 radical (unpaired) electrons. The molecule has 0 aromatic heterocycles. The second-order valence-electron chi connectivity index (χ2n) is 5.66. The van der Waals surface area contributed by atoms with Crippen LogP contribution in [0.3, 0.4) is 0 Å². The van der Waals surface area contributed by atoms with Crippen LogP contribution in [0.5, 0.6) is 0 Å². The number of hydrogen-bond acceptors (Lipinski definition) is 4. The normalized spacial score (nSPS) is 18.9. The zero-order valence-electron chi connectivity index (χ0n) is 14.4. The van der Waals surface area contributed by atoms with Gasteiger partial charge >= 0.3 is 0 Å². The summed E-state index contributed by atoms with van der Waals surface area (Å²) in [5, 5.41) is 4.04. The second-order valence-corrected chi connectivity index (χ2v) is 9.09. The Morgan fingerprint density at radius 3 is 2.58 bits per heavy atom. The van der Waals surface area contributed by atoms with Crippen molar-refractivity contribution in [3.8, 4) is 0 Å². The van der Waals surface area contributed by atoms with E-state index in [1.54, 1.807) is 19.2 Å². The van der Waals surface area contributed by atoms with Crippen LogP contribution in [0.25, 0.3) is 0 Å². The standard InChI is InChI=1S/C16H25N3O2S2.HI/c1-4-14-12-19(9-10-22-14)16(17-2)18-11-13-5-7-15(8-6-13)23(3,20)21;/h5-8,14H,4,9-12H2,1-3H3,(H,17,18);1H. The van der Waals surface area contributed by atoms with Crippen molar-refractivity contribution < 1.29 is 8.42 Å². The Kier molecular flexibility index (Phi) is 8.86. The molecule has 1 atom stereocenters. The van der Waals surface area contributed by atoms with Crippen LogP contribution in [0.2, 0.25) is 0 Å². The summed E-state index contributed by atoms with van der Waals surface area (Å²) >= 11 is 2.03. The minimum absolute atomic E-state index is 0. The minimum Gasteiger partial charge on any atom is -0.352 e. The molecule has 0 bridgehead atoms. The first-order valence-electron chi connectivity index (χ1n) is 7.80. The highest BCUT2D eigenvalue weighted by Gasteiger charge is 2.21. The Balaban J connectivity index is 0.00000288.